The number of para-hydroxylation sites is 1. The van der Waals surface area contributed by atoms with Gasteiger partial charge >= 0.3 is 0 Å². The third-order valence-electron chi connectivity index (χ3n) is 3.89. The smallest absolute Gasteiger partial charge is 0.257 e. The second-order valence-corrected chi connectivity index (χ2v) is 6.03. The predicted molar refractivity (Wildman–Crippen MR) is 80.6 cm³/mol. The standard InChI is InChI=1S/C16H24N2O2/c1-11(2)10-18(12-6-3-4-7-12)16(20)13-8-5-9-14(17)15(13)19/h5,8-9,11-12,19H,3-4,6-7,10,17H2,1-2H3. The van der Waals surface area contributed by atoms with E-state index in [0.717, 1.165) is 19.4 Å². The number of phenols is 1. The van der Waals surface area contributed by atoms with Crippen molar-refractivity contribution >= 4 is 11.6 Å². The number of hydrogen-bond acceptors (Lipinski definition) is 3. The quantitative estimate of drug-likeness (QED) is 0.656. The van der Waals surface area contributed by atoms with Crippen LogP contribution < -0.4 is 5.73 Å². The van der Waals surface area contributed by atoms with E-state index in [0.29, 0.717) is 17.5 Å². The van der Waals surface area contributed by atoms with E-state index >= 15 is 0 Å². The van der Waals surface area contributed by atoms with Crippen LogP contribution in [0.4, 0.5) is 5.69 Å². The van der Waals surface area contributed by atoms with Crippen molar-refractivity contribution in [1.29, 1.82) is 0 Å². The summed E-state index contributed by atoms with van der Waals surface area (Å²) in [5, 5.41) is 10.0. The number of carbonyl (C=O) groups is 1. The molecule has 0 unspecified atom stereocenters. The van der Waals surface area contributed by atoms with Gasteiger partial charge in [0.1, 0.15) is 0 Å². The van der Waals surface area contributed by atoms with Crippen LogP contribution in [0.1, 0.15) is 49.9 Å². The summed E-state index contributed by atoms with van der Waals surface area (Å²) in [7, 11) is 0. The van der Waals surface area contributed by atoms with Gasteiger partial charge in [-0.25, -0.2) is 0 Å². The summed E-state index contributed by atoms with van der Waals surface area (Å²) in [6, 6.07) is 5.26. The number of aromatic hydroxyl groups is 1. The zero-order chi connectivity index (χ0) is 14.7. The van der Waals surface area contributed by atoms with E-state index in [-0.39, 0.29) is 17.3 Å². The molecule has 0 atom stereocenters. The van der Waals surface area contributed by atoms with Gasteiger partial charge < -0.3 is 15.7 Å². The second-order valence-electron chi connectivity index (χ2n) is 6.03. The molecule has 3 N–H and O–H groups in total. The van der Waals surface area contributed by atoms with Gasteiger partial charge in [0.05, 0.1) is 11.3 Å². The van der Waals surface area contributed by atoms with Crippen molar-refractivity contribution in [1.82, 2.24) is 4.90 Å². The summed E-state index contributed by atoms with van der Waals surface area (Å²) in [5.41, 5.74) is 6.27. The van der Waals surface area contributed by atoms with E-state index in [1.165, 1.54) is 12.8 Å². The minimum atomic E-state index is -0.101. The van der Waals surface area contributed by atoms with Gasteiger partial charge in [0.25, 0.3) is 5.91 Å². The molecular formula is C16H24N2O2. The molecule has 1 aliphatic carbocycles. The first-order chi connectivity index (χ1) is 9.50. The van der Waals surface area contributed by atoms with Crippen molar-refractivity contribution in [3.05, 3.63) is 23.8 Å². The summed E-state index contributed by atoms with van der Waals surface area (Å²) < 4.78 is 0. The van der Waals surface area contributed by atoms with Crippen LogP contribution in [-0.2, 0) is 0 Å². The van der Waals surface area contributed by atoms with Crippen LogP contribution >= 0.6 is 0 Å². The second kappa shape index (κ2) is 6.16. The van der Waals surface area contributed by atoms with Crippen molar-refractivity contribution in [3.8, 4) is 5.75 Å². The summed E-state index contributed by atoms with van der Waals surface area (Å²) in [4.78, 5) is 14.7. The molecule has 1 saturated carbocycles. The first kappa shape index (κ1) is 14.7. The number of anilines is 1. The van der Waals surface area contributed by atoms with Crippen LogP contribution in [0.15, 0.2) is 18.2 Å². The number of amides is 1. The predicted octanol–water partition coefficient (Wildman–Crippen LogP) is 3.02. The van der Waals surface area contributed by atoms with Gasteiger partial charge in [-0.15, -0.1) is 0 Å². The molecule has 0 aromatic heterocycles. The Morgan fingerprint density at radius 2 is 2.05 bits per heavy atom. The van der Waals surface area contributed by atoms with Crippen LogP contribution in [-0.4, -0.2) is 28.5 Å². The molecule has 4 nitrogen and oxygen atoms in total. The highest BCUT2D eigenvalue weighted by Crippen LogP contribution is 2.30. The number of nitrogen functional groups attached to an aromatic ring is 1. The minimum absolute atomic E-state index is 0.0933. The fraction of sp³-hybridized carbons (Fsp3) is 0.562. The highest BCUT2D eigenvalue weighted by molar-refractivity contribution is 5.98. The number of hydrogen-bond donors (Lipinski definition) is 2. The zero-order valence-corrected chi connectivity index (χ0v) is 12.3. The Labute approximate surface area is 120 Å². The van der Waals surface area contributed by atoms with E-state index in [4.69, 9.17) is 5.73 Å². The van der Waals surface area contributed by atoms with Crippen LogP contribution in [0.5, 0.6) is 5.75 Å². The lowest BCUT2D eigenvalue weighted by Crippen LogP contribution is -2.41. The highest BCUT2D eigenvalue weighted by Gasteiger charge is 2.29. The molecular weight excluding hydrogens is 252 g/mol. The molecule has 110 valence electrons. The summed E-state index contributed by atoms with van der Waals surface area (Å²) in [6.07, 6.45) is 4.47. The molecule has 1 aromatic carbocycles. The maximum atomic E-state index is 12.8. The molecule has 1 aromatic rings. The van der Waals surface area contributed by atoms with Crippen LogP contribution in [0.2, 0.25) is 0 Å². The van der Waals surface area contributed by atoms with Gasteiger partial charge in [0.15, 0.2) is 5.75 Å². The van der Waals surface area contributed by atoms with Gasteiger partial charge in [-0.1, -0.05) is 32.8 Å². The first-order valence-corrected chi connectivity index (χ1v) is 7.39. The number of rotatable bonds is 4. The Bertz CT molecular complexity index is 479. The molecule has 2 rings (SSSR count). The van der Waals surface area contributed by atoms with Crippen molar-refractivity contribution in [2.75, 3.05) is 12.3 Å². The van der Waals surface area contributed by atoms with Crippen molar-refractivity contribution in [3.63, 3.8) is 0 Å². The first-order valence-electron chi connectivity index (χ1n) is 7.39. The summed E-state index contributed by atoms with van der Waals surface area (Å²) in [6.45, 7) is 4.93. The molecule has 0 spiro atoms. The maximum absolute atomic E-state index is 12.8. The van der Waals surface area contributed by atoms with Gasteiger partial charge in [-0.2, -0.15) is 0 Å². The monoisotopic (exact) mass is 276 g/mol. The van der Waals surface area contributed by atoms with Gasteiger partial charge in [-0.05, 0) is 30.9 Å². The third kappa shape index (κ3) is 3.06. The molecule has 20 heavy (non-hydrogen) atoms. The molecule has 0 radical (unpaired) electrons. The molecule has 4 heteroatoms. The van der Waals surface area contributed by atoms with Crippen molar-refractivity contribution < 1.29 is 9.90 Å². The lowest BCUT2D eigenvalue weighted by molar-refractivity contribution is 0.0652. The Hall–Kier alpha value is -1.71. The van der Waals surface area contributed by atoms with E-state index in [1.807, 2.05) is 4.90 Å². The fourth-order valence-electron chi connectivity index (χ4n) is 2.90. The highest BCUT2D eigenvalue weighted by atomic mass is 16.3. The van der Waals surface area contributed by atoms with Gasteiger partial charge in [0.2, 0.25) is 0 Å². The molecule has 1 fully saturated rings. The maximum Gasteiger partial charge on any atom is 0.257 e. The lowest BCUT2D eigenvalue weighted by Gasteiger charge is -2.31. The Balaban J connectivity index is 2.27. The van der Waals surface area contributed by atoms with E-state index < -0.39 is 0 Å². The van der Waals surface area contributed by atoms with Crippen molar-refractivity contribution in [2.24, 2.45) is 5.92 Å². The molecule has 0 aliphatic heterocycles. The minimum Gasteiger partial charge on any atom is -0.505 e. The number of nitrogens with zero attached hydrogens (tertiary/aromatic N) is 1. The molecule has 0 saturated heterocycles. The van der Waals surface area contributed by atoms with E-state index in [2.05, 4.69) is 13.8 Å². The van der Waals surface area contributed by atoms with Crippen LogP contribution in [0.3, 0.4) is 0 Å². The Morgan fingerprint density at radius 1 is 1.40 bits per heavy atom. The van der Waals surface area contributed by atoms with E-state index in [9.17, 15) is 9.90 Å². The topological polar surface area (TPSA) is 66.6 Å². The van der Waals surface area contributed by atoms with E-state index in [1.54, 1.807) is 18.2 Å². The molecule has 0 bridgehead atoms. The molecule has 1 aliphatic rings. The Kier molecular flexibility index (Phi) is 4.53. The summed E-state index contributed by atoms with van der Waals surface area (Å²) in [5.74, 6) is 0.211. The van der Waals surface area contributed by atoms with Crippen LogP contribution in [0.25, 0.3) is 0 Å². The largest absolute Gasteiger partial charge is 0.505 e. The average Bonchev–Trinajstić information content (AvgIpc) is 2.92. The molecule has 0 heterocycles. The molecule has 1 amide bonds. The number of carbonyl (C=O) groups excluding carboxylic acids is 1. The SMILES string of the molecule is CC(C)CN(C(=O)c1cccc(N)c1O)C1CCCC1. The Morgan fingerprint density at radius 3 is 2.65 bits per heavy atom. The van der Waals surface area contributed by atoms with Gasteiger partial charge in [0, 0.05) is 12.6 Å². The lowest BCUT2D eigenvalue weighted by atomic mass is 10.1. The van der Waals surface area contributed by atoms with Crippen LogP contribution in [0, 0.1) is 5.92 Å². The number of phenolic OH excluding ortho intramolecular Hbond substituents is 1. The van der Waals surface area contributed by atoms with Gasteiger partial charge in [-0.3, -0.25) is 4.79 Å². The fourth-order valence-corrected chi connectivity index (χ4v) is 2.90. The zero-order valence-electron chi connectivity index (χ0n) is 12.3. The number of nitrogens with two attached hydrogens (primary N) is 1. The van der Waals surface area contributed by atoms with Crippen molar-refractivity contribution in [2.45, 2.75) is 45.6 Å². The number of benzene rings is 1. The summed E-state index contributed by atoms with van der Waals surface area (Å²) >= 11 is 0. The normalized spacial score (nSPS) is 15.8. The average molecular weight is 276 g/mol. The third-order valence-corrected chi connectivity index (χ3v) is 3.89.